The molecule has 0 radical (unpaired) electrons. The number of halogens is 1. The zero-order valence-electron chi connectivity index (χ0n) is 9.00. The monoisotopic (exact) mass is 287 g/mol. The first-order valence-corrected chi connectivity index (χ1v) is 5.97. The maximum absolute atomic E-state index is 9.85. The fraction of sp³-hybridized carbons (Fsp3) is 0.455. The molecule has 0 aromatic heterocycles. The van der Waals surface area contributed by atoms with Crippen LogP contribution >= 0.6 is 15.9 Å². The lowest BCUT2D eigenvalue weighted by Crippen LogP contribution is -2.13. The molecule has 3 N–H and O–H groups in total. The number of aliphatic hydroxyl groups excluding tert-OH is 1. The van der Waals surface area contributed by atoms with Gasteiger partial charge in [-0.2, -0.15) is 0 Å². The Balaban J connectivity index is 2.57. The minimum absolute atomic E-state index is 0.194. The minimum atomic E-state index is -0.666. The average molecular weight is 288 g/mol. The van der Waals surface area contributed by atoms with E-state index in [2.05, 4.69) is 15.9 Å². The van der Waals surface area contributed by atoms with Gasteiger partial charge in [-0.15, -0.1) is 0 Å². The van der Waals surface area contributed by atoms with Crippen molar-refractivity contribution in [2.24, 2.45) is 5.73 Å². The van der Waals surface area contributed by atoms with Crippen LogP contribution in [0.5, 0.6) is 11.5 Å². The van der Waals surface area contributed by atoms with Gasteiger partial charge in [-0.3, -0.25) is 0 Å². The number of fused-ring (bicyclic) bond motifs is 1. The van der Waals surface area contributed by atoms with Gasteiger partial charge >= 0.3 is 0 Å². The minimum Gasteiger partial charge on any atom is -0.453 e. The molecular weight excluding hydrogens is 274 g/mol. The fourth-order valence-corrected chi connectivity index (χ4v) is 2.43. The van der Waals surface area contributed by atoms with E-state index in [-0.39, 0.29) is 13.3 Å². The van der Waals surface area contributed by atoms with Crippen LogP contribution in [-0.2, 0) is 6.42 Å². The first kappa shape index (κ1) is 11.7. The molecule has 0 fully saturated rings. The average Bonchev–Trinajstić information content (AvgIpc) is 2.77. The molecule has 0 bridgehead atoms. The molecule has 2 rings (SSSR count). The van der Waals surface area contributed by atoms with E-state index in [0.29, 0.717) is 5.75 Å². The Morgan fingerprint density at radius 3 is 2.81 bits per heavy atom. The zero-order valence-corrected chi connectivity index (χ0v) is 10.6. The number of benzene rings is 1. The van der Waals surface area contributed by atoms with E-state index in [1.807, 2.05) is 13.0 Å². The molecule has 16 heavy (non-hydrogen) atoms. The molecule has 5 heteroatoms. The topological polar surface area (TPSA) is 64.7 Å². The van der Waals surface area contributed by atoms with Gasteiger partial charge in [0.2, 0.25) is 6.79 Å². The van der Waals surface area contributed by atoms with Gasteiger partial charge in [0, 0.05) is 12.1 Å². The van der Waals surface area contributed by atoms with Crippen LogP contribution in [0.3, 0.4) is 0 Å². The van der Waals surface area contributed by atoms with E-state index >= 15 is 0 Å². The van der Waals surface area contributed by atoms with Crippen molar-refractivity contribution >= 4 is 15.9 Å². The molecule has 1 heterocycles. The molecule has 4 nitrogen and oxygen atoms in total. The number of aliphatic hydroxyl groups is 1. The van der Waals surface area contributed by atoms with E-state index in [0.717, 1.165) is 27.8 Å². The van der Waals surface area contributed by atoms with E-state index in [4.69, 9.17) is 15.2 Å². The van der Waals surface area contributed by atoms with E-state index in [9.17, 15) is 5.11 Å². The summed E-state index contributed by atoms with van der Waals surface area (Å²) in [6, 6.07) is 1.85. The molecule has 0 amide bonds. The Bertz CT molecular complexity index is 409. The predicted octanol–water partition coefficient (Wildman–Crippen LogP) is 1.73. The third kappa shape index (κ3) is 1.79. The second-order valence-corrected chi connectivity index (χ2v) is 4.45. The van der Waals surface area contributed by atoms with Crippen LogP contribution in [0.1, 0.15) is 24.2 Å². The third-order valence-electron chi connectivity index (χ3n) is 2.67. The molecule has 0 aliphatic carbocycles. The summed E-state index contributed by atoms with van der Waals surface area (Å²) in [5, 5.41) is 9.85. The summed E-state index contributed by atoms with van der Waals surface area (Å²) in [4.78, 5) is 0. The number of rotatable bonds is 3. The molecule has 1 unspecified atom stereocenters. The number of hydrogen-bond donors (Lipinski definition) is 2. The van der Waals surface area contributed by atoms with Crippen molar-refractivity contribution in [2.75, 3.05) is 13.3 Å². The highest BCUT2D eigenvalue weighted by molar-refractivity contribution is 9.10. The molecular formula is C11H14BrNO3. The molecule has 0 saturated heterocycles. The van der Waals surface area contributed by atoms with Crippen molar-refractivity contribution < 1.29 is 14.6 Å². The molecule has 1 aliphatic heterocycles. The Morgan fingerprint density at radius 2 is 2.19 bits per heavy atom. The smallest absolute Gasteiger partial charge is 0.231 e. The number of hydrogen-bond acceptors (Lipinski definition) is 4. The van der Waals surface area contributed by atoms with Gasteiger partial charge in [-0.05, 0) is 34.0 Å². The molecule has 0 spiro atoms. The van der Waals surface area contributed by atoms with Crippen LogP contribution in [0.25, 0.3) is 0 Å². The molecule has 1 aromatic rings. The van der Waals surface area contributed by atoms with Crippen LogP contribution in [0, 0.1) is 0 Å². The highest BCUT2D eigenvalue weighted by Gasteiger charge is 2.25. The summed E-state index contributed by atoms with van der Waals surface area (Å²) < 4.78 is 11.6. The quantitative estimate of drug-likeness (QED) is 0.889. The largest absolute Gasteiger partial charge is 0.453 e. The van der Waals surface area contributed by atoms with Gasteiger partial charge in [0.05, 0.1) is 10.6 Å². The summed E-state index contributed by atoms with van der Waals surface area (Å²) in [5.41, 5.74) is 7.26. The standard InChI is InChI=1S/C11H14BrNO3/c1-2-6-7(9(14)4-13)3-8(12)11-10(6)15-5-16-11/h3,9,14H,2,4-5,13H2,1H3. The van der Waals surface area contributed by atoms with Gasteiger partial charge in [0.1, 0.15) is 0 Å². The summed E-state index contributed by atoms with van der Waals surface area (Å²) in [7, 11) is 0. The highest BCUT2D eigenvalue weighted by Crippen LogP contribution is 2.45. The Kier molecular flexibility index (Phi) is 3.37. The number of nitrogens with two attached hydrogens (primary N) is 1. The lowest BCUT2D eigenvalue weighted by atomic mass is 9.99. The zero-order chi connectivity index (χ0) is 11.7. The highest BCUT2D eigenvalue weighted by atomic mass is 79.9. The first-order valence-electron chi connectivity index (χ1n) is 5.18. The van der Waals surface area contributed by atoms with Crippen LogP contribution in [0.15, 0.2) is 10.5 Å². The second kappa shape index (κ2) is 4.61. The van der Waals surface area contributed by atoms with E-state index in [1.165, 1.54) is 0 Å². The maximum Gasteiger partial charge on any atom is 0.231 e. The Morgan fingerprint density at radius 1 is 1.50 bits per heavy atom. The van der Waals surface area contributed by atoms with Crippen molar-refractivity contribution in [2.45, 2.75) is 19.4 Å². The SMILES string of the molecule is CCc1c(C(O)CN)cc(Br)c2c1OCO2. The fourth-order valence-electron chi connectivity index (χ4n) is 1.89. The Hall–Kier alpha value is -0.780. The van der Waals surface area contributed by atoms with Crippen molar-refractivity contribution in [1.82, 2.24) is 0 Å². The van der Waals surface area contributed by atoms with Crippen molar-refractivity contribution in [3.8, 4) is 11.5 Å². The van der Waals surface area contributed by atoms with Gasteiger partial charge in [0.15, 0.2) is 11.5 Å². The van der Waals surface area contributed by atoms with Crippen molar-refractivity contribution in [3.05, 3.63) is 21.7 Å². The van der Waals surface area contributed by atoms with Gasteiger partial charge < -0.3 is 20.3 Å². The third-order valence-corrected chi connectivity index (χ3v) is 3.26. The van der Waals surface area contributed by atoms with Crippen molar-refractivity contribution in [1.29, 1.82) is 0 Å². The summed E-state index contributed by atoms with van der Waals surface area (Å²) in [6.07, 6.45) is 0.103. The lowest BCUT2D eigenvalue weighted by molar-refractivity contribution is 0.171. The van der Waals surface area contributed by atoms with Crippen molar-refractivity contribution in [3.63, 3.8) is 0 Å². The first-order chi connectivity index (χ1) is 7.69. The van der Waals surface area contributed by atoms with Crippen LogP contribution < -0.4 is 15.2 Å². The summed E-state index contributed by atoms with van der Waals surface area (Å²) in [6.45, 7) is 2.43. The second-order valence-electron chi connectivity index (χ2n) is 3.60. The molecule has 0 saturated carbocycles. The van der Waals surface area contributed by atoms with E-state index < -0.39 is 6.10 Å². The van der Waals surface area contributed by atoms with E-state index in [1.54, 1.807) is 0 Å². The molecule has 1 aliphatic rings. The van der Waals surface area contributed by atoms with Gasteiger partial charge in [0.25, 0.3) is 0 Å². The maximum atomic E-state index is 9.85. The van der Waals surface area contributed by atoms with Crippen LogP contribution in [0.2, 0.25) is 0 Å². The Labute approximate surface area is 102 Å². The van der Waals surface area contributed by atoms with Gasteiger partial charge in [-0.25, -0.2) is 0 Å². The van der Waals surface area contributed by atoms with Crippen LogP contribution in [0.4, 0.5) is 0 Å². The number of ether oxygens (including phenoxy) is 2. The normalized spacial score (nSPS) is 15.2. The molecule has 88 valence electrons. The molecule has 1 atom stereocenters. The lowest BCUT2D eigenvalue weighted by Gasteiger charge is -2.16. The summed E-state index contributed by atoms with van der Waals surface area (Å²) in [5.74, 6) is 1.43. The van der Waals surface area contributed by atoms with Gasteiger partial charge in [-0.1, -0.05) is 6.92 Å². The predicted molar refractivity (Wildman–Crippen MR) is 63.7 cm³/mol. The molecule has 1 aromatic carbocycles. The summed E-state index contributed by atoms with van der Waals surface area (Å²) >= 11 is 3.40. The van der Waals surface area contributed by atoms with Crippen LogP contribution in [-0.4, -0.2) is 18.4 Å².